The first-order chi connectivity index (χ1) is 6.67. The van der Waals surface area contributed by atoms with E-state index in [1.54, 1.807) is 0 Å². The molecular weight excluding hydrogens is 175 g/mol. The van der Waals surface area contributed by atoms with Crippen LogP contribution in [0.2, 0.25) is 0 Å². The lowest BCUT2D eigenvalue weighted by molar-refractivity contribution is 0.483. The number of halogens is 1. The molecule has 0 unspecified atom stereocenters. The normalized spacial score (nSPS) is 13.3. The maximum absolute atomic E-state index is 12.4. The third kappa shape index (κ3) is 4.78. The fourth-order valence-electron chi connectivity index (χ4n) is 2.02. The number of allylic oxidation sites excluding steroid dienone is 2. The van der Waals surface area contributed by atoms with E-state index in [-0.39, 0.29) is 6.67 Å². The summed E-state index contributed by atoms with van der Waals surface area (Å²) >= 11 is 0. The Bertz CT molecular complexity index is 168. The van der Waals surface area contributed by atoms with Gasteiger partial charge in [0.05, 0.1) is 6.67 Å². The van der Waals surface area contributed by atoms with Crippen LogP contribution in [0.15, 0.2) is 11.1 Å². The van der Waals surface area contributed by atoms with Crippen molar-refractivity contribution in [2.75, 3.05) is 6.67 Å². The van der Waals surface area contributed by atoms with E-state index in [1.807, 2.05) is 0 Å². The van der Waals surface area contributed by atoms with Crippen molar-refractivity contribution in [2.24, 2.45) is 5.92 Å². The summed E-state index contributed by atoms with van der Waals surface area (Å²) in [6, 6.07) is 0. The smallest absolute Gasteiger partial charge is 0.0931 e. The summed E-state index contributed by atoms with van der Waals surface area (Å²) in [6.45, 7) is 8.59. The van der Waals surface area contributed by atoms with Gasteiger partial charge in [-0.3, -0.25) is 4.39 Å². The molecule has 0 aromatic rings. The second kappa shape index (κ2) is 8.02. The van der Waals surface area contributed by atoms with Crippen molar-refractivity contribution < 1.29 is 4.39 Å². The summed E-state index contributed by atoms with van der Waals surface area (Å²) < 4.78 is 12.4. The lowest BCUT2D eigenvalue weighted by Crippen LogP contribution is -2.00. The number of hydrogen-bond donors (Lipinski definition) is 0. The van der Waals surface area contributed by atoms with E-state index in [1.165, 1.54) is 24.0 Å². The Morgan fingerprint density at radius 2 is 1.79 bits per heavy atom. The van der Waals surface area contributed by atoms with E-state index in [9.17, 15) is 4.39 Å². The van der Waals surface area contributed by atoms with Gasteiger partial charge < -0.3 is 0 Å². The molecule has 0 saturated carbocycles. The molecule has 84 valence electrons. The fourth-order valence-corrected chi connectivity index (χ4v) is 2.02. The van der Waals surface area contributed by atoms with Crippen molar-refractivity contribution >= 4 is 0 Å². The topological polar surface area (TPSA) is 0 Å². The Morgan fingerprint density at radius 1 is 1.14 bits per heavy atom. The van der Waals surface area contributed by atoms with Gasteiger partial charge in [-0.1, -0.05) is 45.3 Å². The van der Waals surface area contributed by atoms with Crippen LogP contribution >= 0.6 is 0 Å². The molecule has 0 radical (unpaired) electrons. The second-order valence-electron chi connectivity index (χ2n) is 4.18. The molecule has 1 heteroatoms. The van der Waals surface area contributed by atoms with Crippen molar-refractivity contribution in [3.8, 4) is 0 Å². The largest absolute Gasteiger partial charge is 0.251 e. The van der Waals surface area contributed by atoms with Crippen LogP contribution in [0, 0.1) is 5.92 Å². The Morgan fingerprint density at radius 3 is 2.14 bits per heavy atom. The van der Waals surface area contributed by atoms with Gasteiger partial charge >= 0.3 is 0 Å². The minimum absolute atomic E-state index is 0.199. The first-order valence-corrected chi connectivity index (χ1v) is 5.94. The van der Waals surface area contributed by atoms with Crippen LogP contribution in [0.3, 0.4) is 0 Å². The van der Waals surface area contributed by atoms with Gasteiger partial charge in [-0.25, -0.2) is 0 Å². The van der Waals surface area contributed by atoms with Crippen LogP contribution in [0.1, 0.15) is 59.8 Å². The molecule has 0 aromatic heterocycles. The van der Waals surface area contributed by atoms with E-state index in [4.69, 9.17) is 0 Å². The fraction of sp³-hybridized carbons (Fsp3) is 0.846. The molecule has 0 heterocycles. The first kappa shape index (κ1) is 13.7. The van der Waals surface area contributed by atoms with Crippen LogP contribution in [-0.4, -0.2) is 6.67 Å². The molecule has 0 aliphatic heterocycles. The average molecular weight is 200 g/mol. The predicted octanol–water partition coefficient (Wildman–Crippen LogP) is 4.90. The minimum Gasteiger partial charge on any atom is -0.251 e. The molecule has 0 saturated heterocycles. The molecule has 0 spiro atoms. The van der Waals surface area contributed by atoms with Crippen molar-refractivity contribution in [3.63, 3.8) is 0 Å². The number of rotatable bonds is 7. The predicted molar refractivity (Wildman–Crippen MR) is 62.3 cm³/mol. The maximum atomic E-state index is 12.4. The highest BCUT2D eigenvalue weighted by molar-refractivity contribution is 5.16. The highest BCUT2D eigenvalue weighted by Crippen LogP contribution is 2.24. The molecule has 14 heavy (non-hydrogen) atoms. The molecule has 0 atom stereocenters. The number of hydrogen-bond acceptors (Lipinski definition) is 0. The zero-order valence-corrected chi connectivity index (χ0v) is 10.2. The SMILES string of the molecule is CCCCC(CCF)=C(CC)C(C)C. The minimum atomic E-state index is -0.199. The van der Waals surface area contributed by atoms with Crippen molar-refractivity contribution in [3.05, 3.63) is 11.1 Å². The van der Waals surface area contributed by atoms with Crippen molar-refractivity contribution in [2.45, 2.75) is 59.8 Å². The van der Waals surface area contributed by atoms with E-state index in [0.29, 0.717) is 12.3 Å². The lowest BCUT2D eigenvalue weighted by Gasteiger charge is -2.16. The Hall–Kier alpha value is -0.330. The standard InChI is InChI=1S/C13H25F/c1-5-7-8-12(9-10-14)13(6-2)11(3)4/h11H,5-10H2,1-4H3. The first-order valence-electron chi connectivity index (χ1n) is 5.94. The summed E-state index contributed by atoms with van der Waals surface area (Å²) in [5, 5.41) is 0. The molecule has 0 aliphatic rings. The zero-order chi connectivity index (χ0) is 11.0. The third-order valence-electron chi connectivity index (χ3n) is 2.76. The van der Waals surface area contributed by atoms with Crippen LogP contribution in [0.5, 0.6) is 0 Å². The van der Waals surface area contributed by atoms with Gasteiger partial charge in [0.25, 0.3) is 0 Å². The van der Waals surface area contributed by atoms with Crippen molar-refractivity contribution in [1.82, 2.24) is 0 Å². The Kier molecular flexibility index (Phi) is 7.83. The van der Waals surface area contributed by atoms with Crippen LogP contribution in [0.25, 0.3) is 0 Å². The van der Waals surface area contributed by atoms with Gasteiger partial charge in [0.1, 0.15) is 0 Å². The van der Waals surface area contributed by atoms with Gasteiger partial charge in [-0.15, -0.1) is 0 Å². The van der Waals surface area contributed by atoms with E-state index in [0.717, 1.165) is 12.8 Å². The summed E-state index contributed by atoms with van der Waals surface area (Å²) in [5.41, 5.74) is 2.86. The van der Waals surface area contributed by atoms with E-state index >= 15 is 0 Å². The van der Waals surface area contributed by atoms with Gasteiger partial charge in [-0.2, -0.15) is 0 Å². The lowest BCUT2D eigenvalue weighted by atomic mass is 9.90. The second-order valence-corrected chi connectivity index (χ2v) is 4.18. The summed E-state index contributed by atoms with van der Waals surface area (Å²) in [5.74, 6) is 0.582. The molecule has 0 aromatic carbocycles. The van der Waals surface area contributed by atoms with Crippen LogP contribution in [-0.2, 0) is 0 Å². The van der Waals surface area contributed by atoms with Crippen LogP contribution < -0.4 is 0 Å². The molecule has 0 rings (SSSR count). The van der Waals surface area contributed by atoms with E-state index in [2.05, 4.69) is 27.7 Å². The molecule has 0 bridgehead atoms. The maximum Gasteiger partial charge on any atom is 0.0931 e. The monoisotopic (exact) mass is 200 g/mol. The van der Waals surface area contributed by atoms with E-state index < -0.39 is 0 Å². The molecule has 0 nitrogen and oxygen atoms in total. The zero-order valence-electron chi connectivity index (χ0n) is 10.2. The van der Waals surface area contributed by atoms with Gasteiger partial charge in [0, 0.05) is 0 Å². The van der Waals surface area contributed by atoms with Gasteiger partial charge in [0.15, 0.2) is 0 Å². The summed E-state index contributed by atoms with van der Waals surface area (Å²) in [7, 11) is 0. The Balaban J connectivity index is 4.51. The Labute approximate surface area is 88.6 Å². The molecule has 0 N–H and O–H groups in total. The number of unbranched alkanes of at least 4 members (excludes halogenated alkanes) is 1. The number of alkyl halides is 1. The summed E-state index contributed by atoms with van der Waals surface area (Å²) in [6.07, 6.45) is 5.23. The quantitative estimate of drug-likeness (QED) is 0.513. The molecular formula is C13H25F. The average Bonchev–Trinajstić information content (AvgIpc) is 2.14. The molecule has 0 fully saturated rings. The van der Waals surface area contributed by atoms with Crippen LogP contribution in [0.4, 0.5) is 4.39 Å². The van der Waals surface area contributed by atoms with Gasteiger partial charge in [-0.05, 0) is 31.6 Å². The molecule has 0 amide bonds. The third-order valence-corrected chi connectivity index (χ3v) is 2.76. The highest BCUT2D eigenvalue weighted by Gasteiger charge is 2.08. The summed E-state index contributed by atoms with van der Waals surface area (Å²) in [4.78, 5) is 0. The molecule has 0 aliphatic carbocycles. The van der Waals surface area contributed by atoms with Gasteiger partial charge in [0.2, 0.25) is 0 Å². The highest BCUT2D eigenvalue weighted by atomic mass is 19.1. The van der Waals surface area contributed by atoms with Crippen molar-refractivity contribution in [1.29, 1.82) is 0 Å².